The van der Waals surface area contributed by atoms with E-state index in [1.54, 1.807) is 20.8 Å². The van der Waals surface area contributed by atoms with E-state index < -0.39 is 24.5 Å². The lowest BCUT2D eigenvalue weighted by Gasteiger charge is -2.10. The highest BCUT2D eigenvalue weighted by Crippen LogP contribution is 2.31. The molecule has 0 bridgehead atoms. The Kier molecular flexibility index (Phi) is 8.15. The van der Waals surface area contributed by atoms with Gasteiger partial charge in [0.2, 0.25) is 0 Å². The van der Waals surface area contributed by atoms with Crippen molar-refractivity contribution in [2.24, 2.45) is 5.92 Å². The van der Waals surface area contributed by atoms with Gasteiger partial charge in [-0.05, 0) is 56.5 Å². The monoisotopic (exact) mass is 448 g/mol. The van der Waals surface area contributed by atoms with E-state index in [4.69, 9.17) is 9.47 Å². The molecular formula is C22H28N2O6S. The number of ether oxygens (including phenoxy) is 2. The molecule has 0 aliphatic rings. The highest BCUT2D eigenvalue weighted by molar-refractivity contribution is 7.15. The molecule has 2 aromatic rings. The van der Waals surface area contributed by atoms with Crippen LogP contribution in [0.15, 0.2) is 5.38 Å². The molecule has 0 fully saturated rings. The molecule has 0 spiro atoms. The van der Waals surface area contributed by atoms with Gasteiger partial charge in [-0.3, -0.25) is 9.59 Å². The number of aromatic amines is 1. The Bertz CT molecular complexity index is 1000. The second kappa shape index (κ2) is 10.4. The van der Waals surface area contributed by atoms with Gasteiger partial charge in [-0.15, -0.1) is 11.3 Å². The highest BCUT2D eigenvalue weighted by atomic mass is 32.1. The molecule has 0 aliphatic carbocycles. The summed E-state index contributed by atoms with van der Waals surface area (Å²) < 4.78 is 10.2. The molecular weight excluding hydrogens is 420 g/mol. The predicted octanol–water partition coefficient (Wildman–Crippen LogP) is 4.07. The van der Waals surface area contributed by atoms with E-state index in [0.29, 0.717) is 39.7 Å². The number of hydrogen-bond acceptors (Lipinski definition) is 7. The van der Waals surface area contributed by atoms with E-state index in [9.17, 15) is 19.2 Å². The molecule has 1 amide bonds. The van der Waals surface area contributed by atoms with Gasteiger partial charge in [-0.25, -0.2) is 9.59 Å². The summed E-state index contributed by atoms with van der Waals surface area (Å²) in [6.45, 7) is 10.2. The first kappa shape index (κ1) is 24.3. The number of hydrogen-bond donors (Lipinski definition) is 2. The summed E-state index contributed by atoms with van der Waals surface area (Å²) in [4.78, 5) is 51.7. The molecule has 0 saturated heterocycles. The van der Waals surface area contributed by atoms with Crippen molar-refractivity contribution in [1.82, 2.24) is 4.98 Å². The van der Waals surface area contributed by atoms with Gasteiger partial charge in [0.15, 0.2) is 12.4 Å². The van der Waals surface area contributed by atoms with Crippen LogP contribution in [-0.4, -0.2) is 41.8 Å². The topological polar surface area (TPSA) is 115 Å². The van der Waals surface area contributed by atoms with Gasteiger partial charge < -0.3 is 19.8 Å². The van der Waals surface area contributed by atoms with Crippen molar-refractivity contribution in [3.05, 3.63) is 39.0 Å². The zero-order valence-corrected chi connectivity index (χ0v) is 19.5. The molecule has 9 heteroatoms. The van der Waals surface area contributed by atoms with Gasteiger partial charge in [0.05, 0.1) is 12.2 Å². The number of thiophene rings is 1. The molecule has 0 aliphatic heterocycles. The van der Waals surface area contributed by atoms with Crippen molar-refractivity contribution in [3.63, 3.8) is 0 Å². The van der Waals surface area contributed by atoms with E-state index in [1.165, 1.54) is 18.3 Å². The summed E-state index contributed by atoms with van der Waals surface area (Å²) >= 11 is 1.23. The van der Waals surface area contributed by atoms with Gasteiger partial charge in [0.25, 0.3) is 5.91 Å². The molecule has 168 valence electrons. The van der Waals surface area contributed by atoms with E-state index >= 15 is 0 Å². The number of ketones is 1. The molecule has 2 rings (SSSR count). The minimum Gasteiger partial charge on any atom is -0.462 e. The SMILES string of the molecule is CCOC(=O)c1c(CC(C)C)csc1NC(=O)COC(=O)c1[nH]c(C)c(C(C)=O)c1C. The lowest BCUT2D eigenvalue weighted by atomic mass is 10.0. The lowest BCUT2D eigenvalue weighted by Crippen LogP contribution is -2.22. The van der Waals surface area contributed by atoms with E-state index in [-0.39, 0.29) is 18.1 Å². The average Bonchev–Trinajstić information content (AvgIpc) is 3.19. The molecule has 0 unspecified atom stereocenters. The van der Waals surface area contributed by atoms with Crippen LogP contribution in [0.2, 0.25) is 0 Å². The van der Waals surface area contributed by atoms with E-state index in [1.807, 2.05) is 19.2 Å². The van der Waals surface area contributed by atoms with Crippen molar-refractivity contribution in [2.45, 2.75) is 48.0 Å². The van der Waals surface area contributed by atoms with Crippen LogP contribution in [0, 0.1) is 19.8 Å². The number of carbonyl (C=O) groups excluding carboxylic acids is 4. The Hall–Kier alpha value is -2.94. The van der Waals surface area contributed by atoms with Gasteiger partial charge in [-0.2, -0.15) is 0 Å². The molecule has 31 heavy (non-hydrogen) atoms. The Balaban J connectivity index is 2.10. The van der Waals surface area contributed by atoms with Crippen LogP contribution in [0.25, 0.3) is 0 Å². The number of esters is 2. The van der Waals surface area contributed by atoms with E-state index in [2.05, 4.69) is 10.3 Å². The fourth-order valence-electron chi connectivity index (χ4n) is 3.35. The zero-order chi connectivity index (χ0) is 23.3. The average molecular weight is 449 g/mol. The highest BCUT2D eigenvalue weighted by Gasteiger charge is 2.24. The van der Waals surface area contributed by atoms with Crippen LogP contribution in [0.1, 0.15) is 75.7 Å². The molecule has 2 N–H and O–H groups in total. The number of Topliss-reactive ketones (excluding diaryl/α,β-unsaturated/α-hetero) is 1. The quantitative estimate of drug-likeness (QED) is 0.441. The maximum Gasteiger partial charge on any atom is 0.355 e. The Morgan fingerprint density at radius 3 is 2.32 bits per heavy atom. The van der Waals surface area contributed by atoms with E-state index in [0.717, 1.165) is 5.56 Å². The third-order valence-corrected chi connectivity index (χ3v) is 5.50. The first-order valence-corrected chi connectivity index (χ1v) is 10.9. The molecule has 2 aromatic heterocycles. The standard InChI is InChI=1S/C22H28N2O6S/c1-7-29-21(27)18-15(8-11(2)3)10-31-20(18)24-16(26)9-30-22(28)19-12(4)17(14(6)25)13(5)23-19/h10-11,23H,7-9H2,1-6H3,(H,24,26). The number of rotatable bonds is 9. The third-order valence-electron chi connectivity index (χ3n) is 4.56. The molecule has 8 nitrogen and oxygen atoms in total. The minimum absolute atomic E-state index is 0.137. The summed E-state index contributed by atoms with van der Waals surface area (Å²) in [5.41, 5.74) is 2.76. The summed E-state index contributed by atoms with van der Waals surface area (Å²) in [6, 6.07) is 0. The van der Waals surface area contributed by atoms with Gasteiger partial charge in [-0.1, -0.05) is 13.8 Å². The Morgan fingerprint density at radius 2 is 1.77 bits per heavy atom. The molecule has 0 atom stereocenters. The maximum absolute atomic E-state index is 12.4. The predicted molar refractivity (Wildman–Crippen MR) is 118 cm³/mol. The summed E-state index contributed by atoms with van der Waals surface area (Å²) in [7, 11) is 0. The van der Waals surface area contributed by atoms with Crippen LogP contribution >= 0.6 is 11.3 Å². The second-order valence-electron chi connectivity index (χ2n) is 7.59. The van der Waals surface area contributed by atoms with Crippen molar-refractivity contribution in [2.75, 3.05) is 18.5 Å². The number of anilines is 1. The summed E-state index contributed by atoms with van der Waals surface area (Å²) in [6.07, 6.45) is 0.666. The number of amides is 1. The van der Waals surface area contributed by atoms with Crippen LogP contribution in [0.5, 0.6) is 0 Å². The molecule has 0 radical (unpaired) electrons. The van der Waals surface area contributed by atoms with Gasteiger partial charge >= 0.3 is 11.9 Å². The smallest absolute Gasteiger partial charge is 0.355 e. The number of carbonyl (C=O) groups is 4. The lowest BCUT2D eigenvalue weighted by molar-refractivity contribution is -0.119. The zero-order valence-electron chi connectivity index (χ0n) is 18.6. The van der Waals surface area contributed by atoms with Crippen LogP contribution in [0.3, 0.4) is 0 Å². The van der Waals surface area contributed by atoms with Crippen molar-refractivity contribution < 1.29 is 28.7 Å². The Labute approximate surface area is 185 Å². The molecule has 0 aromatic carbocycles. The Morgan fingerprint density at radius 1 is 1.10 bits per heavy atom. The normalized spacial score (nSPS) is 10.8. The summed E-state index contributed by atoms with van der Waals surface area (Å²) in [5.74, 6) is -1.66. The van der Waals surface area contributed by atoms with Crippen molar-refractivity contribution in [1.29, 1.82) is 0 Å². The van der Waals surface area contributed by atoms with Gasteiger partial charge in [0, 0.05) is 11.3 Å². The first-order chi connectivity index (χ1) is 14.6. The fourth-order valence-corrected chi connectivity index (χ4v) is 4.33. The van der Waals surface area contributed by atoms with Crippen molar-refractivity contribution >= 4 is 40.0 Å². The van der Waals surface area contributed by atoms with Gasteiger partial charge in [0.1, 0.15) is 10.7 Å². The van der Waals surface area contributed by atoms with Crippen LogP contribution < -0.4 is 5.32 Å². The minimum atomic E-state index is -0.736. The van der Waals surface area contributed by atoms with Crippen LogP contribution in [0.4, 0.5) is 5.00 Å². The summed E-state index contributed by atoms with van der Waals surface area (Å²) in [5, 5.41) is 4.82. The largest absolute Gasteiger partial charge is 0.462 e. The molecule has 2 heterocycles. The van der Waals surface area contributed by atoms with Crippen LogP contribution in [-0.2, 0) is 20.7 Å². The fraction of sp³-hybridized carbons (Fsp3) is 0.455. The second-order valence-corrected chi connectivity index (χ2v) is 8.47. The third kappa shape index (κ3) is 5.81. The number of nitrogens with one attached hydrogen (secondary N) is 2. The number of H-pyrrole nitrogens is 1. The number of aromatic nitrogens is 1. The van der Waals surface area contributed by atoms with Crippen molar-refractivity contribution in [3.8, 4) is 0 Å². The number of aryl methyl sites for hydroxylation is 1. The molecule has 0 saturated carbocycles. The maximum atomic E-state index is 12.4. The first-order valence-electron chi connectivity index (χ1n) is 10.0.